The topological polar surface area (TPSA) is 26.0 Å². The van der Waals surface area contributed by atoms with E-state index in [0.29, 0.717) is 0 Å². The number of hydrogen-bond donors (Lipinski definition) is 1. The van der Waals surface area contributed by atoms with E-state index in [-0.39, 0.29) is 5.54 Å². The Morgan fingerprint density at radius 2 is 1.94 bits per heavy atom. The van der Waals surface area contributed by atoms with E-state index in [2.05, 4.69) is 24.3 Å². The first kappa shape index (κ1) is 10.1. The molecule has 0 atom stereocenters. The number of hydrogen-bond acceptors (Lipinski definition) is 1. The van der Waals surface area contributed by atoms with Crippen LogP contribution in [0.15, 0.2) is 36.4 Å². The van der Waals surface area contributed by atoms with Gasteiger partial charge in [-0.3, -0.25) is 0 Å². The fourth-order valence-electron chi connectivity index (χ4n) is 2.52. The first-order valence-corrected chi connectivity index (χ1v) is 6.04. The second kappa shape index (κ2) is 3.47. The van der Waals surface area contributed by atoms with Gasteiger partial charge in [0, 0.05) is 10.6 Å². The molecule has 2 aromatic carbocycles. The molecule has 2 heteroatoms. The van der Waals surface area contributed by atoms with Crippen molar-refractivity contribution < 1.29 is 0 Å². The molecule has 0 aliphatic heterocycles. The summed E-state index contributed by atoms with van der Waals surface area (Å²) in [6.07, 6.45) is 3.42. The van der Waals surface area contributed by atoms with Gasteiger partial charge in [0.1, 0.15) is 0 Å². The molecule has 0 saturated heterocycles. The van der Waals surface area contributed by atoms with Crippen LogP contribution in [0.25, 0.3) is 10.8 Å². The maximum atomic E-state index is 6.40. The molecule has 1 fully saturated rings. The van der Waals surface area contributed by atoms with Crippen LogP contribution >= 0.6 is 11.6 Å². The smallest absolute Gasteiger partial charge is 0.0415 e. The van der Waals surface area contributed by atoms with Gasteiger partial charge in [0.25, 0.3) is 0 Å². The molecule has 2 N–H and O–H groups in total. The predicted octanol–water partition coefficient (Wildman–Crippen LogP) is 3.83. The molecule has 0 bridgehead atoms. The average molecular weight is 232 g/mol. The molecule has 1 saturated carbocycles. The van der Waals surface area contributed by atoms with Crippen LogP contribution in [0.2, 0.25) is 5.02 Å². The van der Waals surface area contributed by atoms with Crippen LogP contribution in [0.4, 0.5) is 0 Å². The van der Waals surface area contributed by atoms with Gasteiger partial charge >= 0.3 is 0 Å². The Bertz CT molecular complexity index is 543. The van der Waals surface area contributed by atoms with Crippen molar-refractivity contribution in [3.05, 3.63) is 47.0 Å². The average Bonchev–Trinajstić information content (AvgIpc) is 2.24. The maximum Gasteiger partial charge on any atom is 0.0415 e. The Labute approximate surface area is 100 Å². The van der Waals surface area contributed by atoms with Crippen molar-refractivity contribution >= 4 is 22.4 Å². The molecule has 0 amide bonds. The zero-order valence-electron chi connectivity index (χ0n) is 9.04. The Morgan fingerprint density at radius 3 is 2.62 bits per heavy atom. The van der Waals surface area contributed by atoms with E-state index in [0.717, 1.165) is 17.9 Å². The first-order valence-electron chi connectivity index (χ1n) is 5.67. The van der Waals surface area contributed by atoms with Crippen molar-refractivity contribution in [2.45, 2.75) is 24.8 Å². The Morgan fingerprint density at radius 1 is 1.12 bits per heavy atom. The van der Waals surface area contributed by atoms with Gasteiger partial charge in [-0.1, -0.05) is 35.9 Å². The summed E-state index contributed by atoms with van der Waals surface area (Å²) in [7, 11) is 0. The maximum absolute atomic E-state index is 6.40. The summed E-state index contributed by atoms with van der Waals surface area (Å²) in [6, 6.07) is 12.3. The van der Waals surface area contributed by atoms with Crippen molar-refractivity contribution in [2.24, 2.45) is 5.73 Å². The van der Waals surface area contributed by atoms with Crippen LogP contribution in [0.5, 0.6) is 0 Å². The zero-order chi connectivity index (χ0) is 11.2. The molecule has 2 aromatic rings. The molecule has 0 heterocycles. The van der Waals surface area contributed by atoms with Crippen LogP contribution < -0.4 is 5.73 Å². The minimum atomic E-state index is -0.104. The van der Waals surface area contributed by atoms with Gasteiger partial charge in [0.05, 0.1) is 0 Å². The number of benzene rings is 2. The van der Waals surface area contributed by atoms with E-state index >= 15 is 0 Å². The van der Waals surface area contributed by atoms with Gasteiger partial charge in [0.2, 0.25) is 0 Å². The normalized spacial score (nSPS) is 18.4. The summed E-state index contributed by atoms with van der Waals surface area (Å²) < 4.78 is 0. The second-order valence-corrected chi connectivity index (χ2v) is 5.12. The van der Waals surface area contributed by atoms with Crippen molar-refractivity contribution in [2.75, 3.05) is 0 Å². The number of halogens is 1. The fraction of sp³-hybridized carbons (Fsp3) is 0.286. The predicted molar refractivity (Wildman–Crippen MR) is 68.7 cm³/mol. The van der Waals surface area contributed by atoms with E-state index in [9.17, 15) is 0 Å². The molecule has 1 aliphatic carbocycles. The highest BCUT2D eigenvalue weighted by molar-refractivity contribution is 6.31. The molecule has 0 unspecified atom stereocenters. The van der Waals surface area contributed by atoms with E-state index in [1.807, 2.05) is 12.1 Å². The molecule has 3 rings (SSSR count). The summed E-state index contributed by atoms with van der Waals surface area (Å²) in [5.41, 5.74) is 7.56. The van der Waals surface area contributed by atoms with Crippen molar-refractivity contribution in [3.63, 3.8) is 0 Å². The molecular weight excluding hydrogens is 218 g/mol. The molecule has 0 radical (unpaired) electrons. The Hall–Kier alpha value is -1.05. The van der Waals surface area contributed by atoms with Crippen molar-refractivity contribution in [1.82, 2.24) is 0 Å². The monoisotopic (exact) mass is 231 g/mol. The van der Waals surface area contributed by atoms with E-state index in [4.69, 9.17) is 17.3 Å². The van der Waals surface area contributed by atoms with Gasteiger partial charge < -0.3 is 5.73 Å². The third-order valence-corrected chi connectivity index (χ3v) is 3.86. The van der Waals surface area contributed by atoms with E-state index in [1.165, 1.54) is 22.8 Å². The first-order chi connectivity index (χ1) is 7.69. The van der Waals surface area contributed by atoms with Crippen LogP contribution in [-0.4, -0.2) is 0 Å². The summed E-state index contributed by atoms with van der Waals surface area (Å²) in [4.78, 5) is 0. The van der Waals surface area contributed by atoms with E-state index in [1.54, 1.807) is 0 Å². The quantitative estimate of drug-likeness (QED) is 0.793. The van der Waals surface area contributed by atoms with Crippen LogP contribution in [0.1, 0.15) is 24.8 Å². The SMILES string of the molecule is NC1(c2cccc3cc(Cl)ccc23)CCC1. The lowest BCUT2D eigenvalue weighted by molar-refractivity contribution is 0.256. The van der Waals surface area contributed by atoms with Crippen molar-refractivity contribution in [1.29, 1.82) is 0 Å². The lowest BCUT2D eigenvalue weighted by atomic mass is 9.71. The Kier molecular flexibility index (Phi) is 2.20. The third kappa shape index (κ3) is 1.43. The van der Waals surface area contributed by atoms with Crippen LogP contribution in [-0.2, 0) is 5.54 Å². The van der Waals surface area contributed by atoms with Gasteiger partial charge in [-0.05, 0) is 47.7 Å². The third-order valence-electron chi connectivity index (χ3n) is 3.62. The van der Waals surface area contributed by atoms with Crippen LogP contribution in [0, 0.1) is 0 Å². The second-order valence-electron chi connectivity index (χ2n) is 4.68. The Balaban J connectivity index is 2.25. The standard InChI is InChI=1S/C14H14ClN/c15-11-5-6-12-10(9-11)3-1-4-13(12)14(16)7-2-8-14/h1,3-6,9H,2,7-8,16H2. The summed E-state index contributed by atoms with van der Waals surface area (Å²) in [6.45, 7) is 0. The van der Waals surface area contributed by atoms with Gasteiger partial charge in [-0.2, -0.15) is 0 Å². The van der Waals surface area contributed by atoms with Gasteiger partial charge in [-0.25, -0.2) is 0 Å². The van der Waals surface area contributed by atoms with Gasteiger partial charge in [-0.15, -0.1) is 0 Å². The van der Waals surface area contributed by atoms with E-state index < -0.39 is 0 Å². The number of fused-ring (bicyclic) bond motifs is 1. The zero-order valence-corrected chi connectivity index (χ0v) is 9.80. The largest absolute Gasteiger partial charge is 0.321 e. The highest BCUT2D eigenvalue weighted by atomic mass is 35.5. The minimum absolute atomic E-state index is 0.104. The number of nitrogens with two attached hydrogens (primary N) is 1. The summed E-state index contributed by atoms with van der Waals surface area (Å²) >= 11 is 6.00. The van der Waals surface area contributed by atoms with Crippen LogP contribution in [0.3, 0.4) is 0 Å². The molecule has 1 aliphatic rings. The minimum Gasteiger partial charge on any atom is -0.321 e. The molecule has 0 spiro atoms. The molecule has 1 nitrogen and oxygen atoms in total. The molecule has 0 aromatic heterocycles. The fourth-order valence-corrected chi connectivity index (χ4v) is 2.70. The summed E-state index contributed by atoms with van der Waals surface area (Å²) in [5, 5.41) is 3.21. The number of rotatable bonds is 1. The highest BCUT2D eigenvalue weighted by Crippen LogP contribution is 2.41. The summed E-state index contributed by atoms with van der Waals surface area (Å²) in [5.74, 6) is 0. The van der Waals surface area contributed by atoms with Crippen molar-refractivity contribution in [3.8, 4) is 0 Å². The highest BCUT2D eigenvalue weighted by Gasteiger charge is 2.35. The molecular formula is C14H14ClN. The van der Waals surface area contributed by atoms with Gasteiger partial charge in [0.15, 0.2) is 0 Å². The molecule has 16 heavy (non-hydrogen) atoms. The molecule has 82 valence electrons. The lowest BCUT2D eigenvalue weighted by Crippen LogP contribution is -2.43. The lowest BCUT2D eigenvalue weighted by Gasteiger charge is -2.39.